The first-order valence-corrected chi connectivity index (χ1v) is 12.9. The van der Waals surface area contributed by atoms with Gasteiger partial charge in [0.15, 0.2) is 17.3 Å². The first kappa shape index (κ1) is 25.6. The molecule has 0 radical (unpaired) electrons. The predicted molar refractivity (Wildman–Crippen MR) is 146 cm³/mol. The van der Waals surface area contributed by atoms with Gasteiger partial charge in [-0.05, 0) is 73.2 Å². The highest BCUT2D eigenvalue weighted by Gasteiger charge is 2.34. The lowest BCUT2D eigenvalue weighted by atomic mass is 10.0. The number of methoxy groups -OCH3 is 1. The molecule has 1 aliphatic heterocycles. The fraction of sp³-hybridized carbons (Fsp3) is 0.310. The van der Waals surface area contributed by atoms with Gasteiger partial charge in [0.1, 0.15) is 17.6 Å². The molecule has 1 aliphatic rings. The molecule has 1 N–H and O–H groups in total. The van der Waals surface area contributed by atoms with Crippen molar-refractivity contribution in [3.8, 4) is 17.2 Å². The summed E-state index contributed by atoms with van der Waals surface area (Å²) in [5.41, 5.74) is 1.47. The zero-order valence-electron chi connectivity index (χ0n) is 22.7. The fourth-order valence-electron chi connectivity index (χ4n) is 4.96. The van der Waals surface area contributed by atoms with E-state index < -0.39 is 11.6 Å². The number of benzene rings is 2. The average Bonchev–Trinajstić information content (AvgIpc) is 3.70. The van der Waals surface area contributed by atoms with Gasteiger partial charge in [-0.15, -0.1) is 5.10 Å². The van der Waals surface area contributed by atoms with Crippen molar-refractivity contribution in [2.45, 2.75) is 45.4 Å². The lowest BCUT2D eigenvalue weighted by molar-refractivity contribution is 0.171. The average molecular weight is 543 g/mol. The maximum absolute atomic E-state index is 13.8. The lowest BCUT2D eigenvalue weighted by Crippen LogP contribution is -2.37. The number of rotatable bonds is 8. The number of H-pyrrole nitrogens is 1. The Morgan fingerprint density at radius 3 is 2.55 bits per heavy atom. The lowest BCUT2D eigenvalue weighted by Gasteiger charge is -2.32. The molecule has 0 fully saturated rings. The van der Waals surface area contributed by atoms with Crippen LogP contribution in [-0.2, 0) is 18.6 Å². The summed E-state index contributed by atoms with van der Waals surface area (Å²) >= 11 is 0. The Kier molecular flexibility index (Phi) is 6.51. The van der Waals surface area contributed by atoms with E-state index in [0.717, 1.165) is 22.5 Å². The quantitative estimate of drug-likeness (QED) is 0.304. The highest BCUT2D eigenvalue weighted by atomic mass is 16.7. The Morgan fingerprint density at radius 1 is 1.07 bits per heavy atom. The molecule has 6 rings (SSSR count). The van der Waals surface area contributed by atoms with Gasteiger partial charge in [-0.1, -0.05) is 12.1 Å². The van der Waals surface area contributed by atoms with E-state index in [2.05, 4.69) is 25.4 Å². The monoisotopic (exact) mass is 542 g/mol. The third kappa shape index (κ3) is 4.91. The summed E-state index contributed by atoms with van der Waals surface area (Å²) in [6.07, 6.45) is 1.64. The zero-order chi connectivity index (χ0) is 27.9. The molecule has 0 amide bonds. The van der Waals surface area contributed by atoms with Crippen molar-refractivity contribution < 1.29 is 18.6 Å². The molecule has 0 saturated carbocycles. The first-order valence-electron chi connectivity index (χ1n) is 12.9. The summed E-state index contributed by atoms with van der Waals surface area (Å²) in [4.78, 5) is 19.0. The Hall–Kier alpha value is -4.64. The summed E-state index contributed by atoms with van der Waals surface area (Å²) < 4.78 is 24.0. The van der Waals surface area contributed by atoms with Gasteiger partial charge >= 0.3 is 0 Å². The van der Waals surface area contributed by atoms with E-state index >= 15 is 0 Å². The van der Waals surface area contributed by atoms with Gasteiger partial charge in [0.25, 0.3) is 5.56 Å². The van der Waals surface area contributed by atoms with Crippen molar-refractivity contribution in [3.05, 3.63) is 93.9 Å². The number of hydrogen-bond donors (Lipinski definition) is 1. The van der Waals surface area contributed by atoms with Gasteiger partial charge in [0.05, 0.1) is 31.0 Å². The van der Waals surface area contributed by atoms with E-state index in [-0.39, 0.29) is 12.4 Å². The second kappa shape index (κ2) is 10.2. The number of tetrazole rings is 1. The topological polar surface area (TPSA) is 121 Å². The first-order chi connectivity index (χ1) is 19.3. The Labute approximate surface area is 230 Å². The minimum Gasteiger partial charge on any atom is -0.497 e. The van der Waals surface area contributed by atoms with Crippen LogP contribution in [0.1, 0.15) is 49.5 Å². The molecule has 0 saturated heterocycles. The van der Waals surface area contributed by atoms with E-state index in [1.165, 1.54) is 0 Å². The molecule has 0 bridgehead atoms. The van der Waals surface area contributed by atoms with E-state index in [9.17, 15) is 4.79 Å². The van der Waals surface area contributed by atoms with Crippen molar-refractivity contribution in [3.63, 3.8) is 0 Å². The third-order valence-corrected chi connectivity index (χ3v) is 6.88. The van der Waals surface area contributed by atoms with Crippen LogP contribution in [0.4, 0.5) is 0 Å². The van der Waals surface area contributed by atoms with E-state index in [4.69, 9.17) is 18.6 Å². The molecule has 2 aromatic carbocycles. The summed E-state index contributed by atoms with van der Waals surface area (Å²) in [7, 11) is 1.64. The van der Waals surface area contributed by atoms with Crippen molar-refractivity contribution in [2.24, 2.45) is 0 Å². The Morgan fingerprint density at radius 2 is 1.85 bits per heavy atom. The van der Waals surface area contributed by atoms with Crippen LogP contribution in [0.15, 0.2) is 70.1 Å². The molecule has 5 aromatic rings. The minimum atomic E-state index is -0.625. The van der Waals surface area contributed by atoms with Crippen LogP contribution in [0.25, 0.3) is 10.9 Å². The third-order valence-electron chi connectivity index (χ3n) is 6.88. The number of nitrogens with zero attached hydrogens (tertiary/aromatic N) is 5. The van der Waals surface area contributed by atoms with Crippen LogP contribution in [0.2, 0.25) is 0 Å². The highest BCUT2D eigenvalue weighted by Crippen LogP contribution is 2.37. The number of aromatic amines is 1. The molecule has 0 spiro atoms. The summed E-state index contributed by atoms with van der Waals surface area (Å²) in [5.74, 6) is 3.28. The van der Waals surface area contributed by atoms with Gasteiger partial charge in [-0.2, -0.15) is 0 Å². The zero-order valence-corrected chi connectivity index (χ0v) is 22.7. The highest BCUT2D eigenvalue weighted by molar-refractivity contribution is 5.83. The fourth-order valence-corrected chi connectivity index (χ4v) is 4.96. The molecule has 11 heteroatoms. The smallest absolute Gasteiger partial charge is 0.253 e. The van der Waals surface area contributed by atoms with E-state index in [1.807, 2.05) is 69.3 Å². The van der Waals surface area contributed by atoms with Crippen LogP contribution in [-0.4, -0.2) is 44.0 Å². The van der Waals surface area contributed by atoms with Crippen molar-refractivity contribution >= 4 is 10.9 Å². The summed E-state index contributed by atoms with van der Waals surface area (Å²) in [6, 6.07) is 16.5. The molecular formula is C29H30N6O5. The van der Waals surface area contributed by atoms with E-state index in [0.29, 0.717) is 41.5 Å². The van der Waals surface area contributed by atoms with Gasteiger partial charge in [0, 0.05) is 23.6 Å². The molecule has 1 atom stereocenters. The Balaban J connectivity index is 1.53. The second-order valence-corrected chi connectivity index (χ2v) is 10.7. The summed E-state index contributed by atoms with van der Waals surface area (Å²) in [6.45, 7) is 7.09. The molecule has 4 heterocycles. The molecule has 0 aliphatic carbocycles. The standard InChI is InChI=1S/C29H30N6O5/c1-29(2,3)35-27(31-32-33-35)26(22-12-19-13-24-25(40-17-39-24)14-23(19)30-28(22)36)34(16-21-6-5-11-38-21)15-18-7-9-20(37-4)10-8-18/h5-14,26H,15-17H2,1-4H3,(H,30,36). The number of fused-ring (bicyclic) bond motifs is 2. The number of furan rings is 1. The molecule has 40 heavy (non-hydrogen) atoms. The van der Waals surface area contributed by atoms with Crippen LogP contribution in [0, 0.1) is 0 Å². The number of aromatic nitrogens is 5. The maximum atomic E-state index is 13.8. The molecular weight excluding hydrogens is 512 g/mol. The number of pyridine rings is 1. The van der Waals surface area contributed by atoms with Crippen LogP contribution < -0.4 is 19.8 Å². The molecule has 3 aromatic heterocycles. The minimum absolute atomic E-state index is 0.143. The number of nitrogens with one attached hydrogen (secondary N) is 1. The SMILES string of the molecule is COc1ccc(CN(Cc2ccco2)C(c2cc3cc4c(cc3[nH]c2=O)OCO4)c2nnnn2C(C)(C)C)cc1. The Bertz CT molecular complexity index is 1690. The largest absolute Gasteiger partial charge is 0.497 e. The molecule has 1 unspecified atom stereocenters. The van der Waals surface area contributed by atoms with Crippen molar-refractivity contribution in [1.82, 2.24) is 30.1 Å². The normalized spacial score (nSPS) is 13.7. The van der Waals surface area contributed by atoms with Crippen LogP contribution >= 0.6 is 0 Å². The van der Waals surface area contributed by atoms with Crippen molar-refractivity contribution in [1.29, 1.82) is 0 Å². The number of hydrogen-bond acceptors (Lipinski definition) is 9. The van der Waals surface area contributed by atoms with E-state index in [1.54, 1.807) is 24.1 Å². The molecule has 11 nitrogen and oxygen atoms in total. The van der Waals surface area contributed by atoms with Crippen LogP contribution in [0.3, 0.4) is 0 Å². The predicted octanol–water partition coefficient (Wildman–Crippen LogP) is 4.39. The van der Waals surface area contributed by atoms with Gasteiger partial charge in [0.2, 0.25) is 6.79 Å². The number of ether oxygens (including phenoxy) is 3. The maximum Gasteiger partial charge on any atom is 0.253 e. The summed E-state index contributed by atoms with van der Waals surface area (Å²) in [5, 5.41) is 13.6. The second-order valence-electron chi connectivity index (χ2n) is 10.7. The van der Waals surface area contributed by atoms with Gasteiger partial charge in [-0.3, -0.25) is 9.69 Å². The van der Waals surface area contributed by atoms with Crippen LogP contribution in [0.5, 0.6) is 17.2 Å². The van der Waals surface area contributed by atoms with Gasteiger partial charge < -0.3 is 23.6 Å². The molecule has 206 valence electrons. The van der Waals surface area contributed by atoms with Gasteiger partial charge in [-0.25, -0.2) is 4.68 Å². The van der Waals surface area contributed by atoms with Crippen molar-refractivity contribution in [2.75, 3.05) is 13.9 Å².